The molecule has 7 heteroatoms. The third-order valence-electron chi connectivity index (χ3n) is 4.86. The molecule has 0 aliphatic carbocycles. The molecule has 30 heavy (non-hydrogen) atoms. The highest BCUT2D eigenvalue weighted by molar-refractivity contribution is 7.80. The zero-order chi connectivity index (χ0) is 22.0. The minimum absolute atomic E-state index is 0.0183. The topological polar surface area (TPSA) is 58.6 Å². The van der Waals surface area contributed by atoms with E-state index in [1.807, 2.05) is 45.9 Å². The summed E-state index contributed by atoms with van der Waals surface area (Å²) in [5, 5.41) is 3.07. The molecule has 0 bridgehead atoms. The van der Waals surface area contributed by atoms with Crippen LogP contribution in [0.3, 0.4) is 0 Å². The minimum atomic E-state index is -0.540. The Kier molecular flexibility index (Phi) is 6.58. The van der Waals surface area contributed by atoms with Crippen LogP contribution in [0.15, 0.2) is 42.0 Å². The SMILES string of the molecule is CCC(C)Oc1ccc(C=C2C(=O)NC(=S)N(c3ccc(C)cc3C)C2=O)cc1Cl. The Hall–Kier alpha value is -2.70. The summed E-state index contributed by atoms with van der Waals surface area (Å²) in [6.45, 7) is 7.85. The van der Waals surface area contributed by atoms with Crippen molar-refractivity contribution in [3.05, 3.63) is 63.7 Å². The molecular weight excluding hydrogens is 420 g/mol. The molecule has 2 aromatic rings. The van der Waals surface area contributed by atoms with E-state index >= 15 is 0 Å². The van der Waals surface area contributed by atoms with Gasteiger partial charge in [0.15, 0.2) is 5.11 Å². The van der Waals surface area contributed by atoms with Crippen molar-refractivity contribution in [3.63, 3.8) is 0 Å². The first kappa shape index (κ1) is 22.0. The summed E-state index contributed by atoms with van der Waals surface area (Å²) in [6.07, 6.45) is 2.39. The lowest BCUT2D eigenvalue weighted by atomic mass is 10.0. The molecule has 0 aromatic heterocycles. The van der Waals surface area contributed by atoms with E-state index in [4.69, 9.17) is 28.6 Å². The molecule has 156 valence electrons. The van der Waals surface area contributed by atoms with Crippen LogP contribution in [0.4, 0.5) is 5.69 Å². The van der Waals surface area contributed by atoms with Crippen LogP contribution in [-0.2, 0) is 9.59 Å². The third-order valence-corrected chi connectivity index (χ3v) is 5.44. The second-order valence-electron chi connectivity index (χ2n) is 7.27. The average molecular weight is 443 g/mol. The molecule has 1 heterocycles. The maximum Gasteiger partial charge on any atom is 0.270 e. The van der Waals surface area contributed by atoms with Gasteiger partial charge in [0.25, 0.3) is 11.8 Å². The third kappa shape index (κ3) is 4.55. The zero-order valence-electron chi connectivity index (χ0n) is 17.3. The lowest BCUT2D eigenvalue weighted by Gasteiger charge is -2.30. The molecule has 2 aromatic carbocycles. The number of carbonyl (C=O) groups is 2. The van der Waals surface area contributed by atoms with Gasteiger partial charge in [0, 0.05) is 0 Å². The van der Waals surface area contributed by atoms with Crippen LogP contribution in [0.5, 0.6) is 5.75 Å². The number of nitrogens with zero attached hydrogens (tertiary/aromatic N) is 1. The normalized spacial score (nSPS) is 16.6. The van der Waals surface area contributed by atoms with Crippen molar-refractivity contribution < 1.29 is 14.3 Å². The predicted octanol–water partition coefficient (Wildman–Crippen LogP) is 4.97. The van der Waals surface area contributed by atoms with E-state index in [1.54, 1.807) is 18.2 Å². The number of rotatable bonds is 5. The quantitative estimate of drug-likeness (QED) is 0.403. The summed E-state index contributed by atoms with van der Waals surface area (Å²) in [7, 11) is 0. The van der Waals surface area contributed by atoms with Crippen LogP contribution in [-0.4, -0.2) is 23.0 Å². The number of amides is 2. The van der Waals surface area contributed by atoms with Crippen molar-refractivity contribution in [1.82, 2.24) is 5.32 Å². The number of thiocarbonyl (C=S) groups is 1. The first-order valence-electron chi connectivity index (χ1n) is 9.66. The van der Waals surface area contributed by atoms with Crippen molar-refractivity contribution in [3.8, 4) is 5.75 Å². The lowest BCUT2D eigenvalue weighted by molar-refractivity contribution is -0.122. The summed E-state index contributed by atoms with van der Waals surface area (Å²) < 4.78 is 5.77. The maximum absolute atomic E-state index is 13.2. The van der Waals surface area contributed by atoms with Crippen LogP contribution < -0.4 is 15.0 Å². The van der Waals surface area contributed by atoms with Crippen molar-refractivity contribution in [1.29, 1.82) is 0 Å². The Labute approximate surface area is 186 Å². The molecule has 1 atom stereocenters. The molecule has 1 N–H and O–H groups in total. The molecule has 1 aliphatic rings. The number of halogens is 1. The Morgan fingerprint density at radius 1 is 1.20 bits per heavy atom. The van der Waals surface area contributed by atoms with Crippen LogP contribution in [0.25, 0.3) is 6.08 Å². The van der Waals surface area contributed by atoms with Crippen LogP contribution in [0.2, 0.25) is 5.02 Å². The van der Waals surface area contributed by atoms with E-state index in [0.29, 0.717) is 22.0 Å². The van der Waals surface area contributed by atoms with E-state index in [2.05, 4.69) is 5.32 Å². The Balaban J connectivity index is 1.95. The largest absolute Gasteiger partial charge is 0.489 e. The number of ether oxygens (including phenoxy) is 1. The molecule has 1 fully saturated rings. The number of hydrogen-bond acceptors (Lipinski definition) is 4. The zero-order valence-corrected chi connectivity index (χ0v) is 18.9. The van der Waals surface area contributed by atoms with Gasteiger partial charge in [-0.15, -0.1) is 0 Å². The van der Waals surface area contributed by atoms with Gasteiger partial charge in [-0.05, 0) is 74.8 Å². The van der Waals surface area contributed by atoms with Gasteiger partial charge in [0.1, 0.15) is 11.3 Å². The van der Waals surface area contributed by atoms with E-state index in [0.717, 1.165) is 17.5 Å². The fourth-order valence-electron chi connectivity index (χ4n) is 3.10. The highest BCUT2D eigenvalue weighted by atomic mass is 35.5. The Bertz CT molecular complexity index is 1060. The van der Waals surface area contributed by atoms with Crippen molar-refractivity contribution in [2.24, 2.45) is 0 Å². The van der Waals surface area contributed by atoms with Gasteiger partial charge in [-0.25, -0.2) is 0 Å². The number of hydrogen-bond donors (Lipinski definition) is 1. The lowest BCUT2D eigenvalue weighted by Crippen LogP contribution is -2.54. The van der Waals surface area contributed by atoms with E-state index in [-0.39, 0.29) is 16.8 Å². The van der Waals surface area contributed by atoms with Gasteiger partial charge in [0.05, 0.1) is 16.8 Å². The number of benzene rings is 2. The maximum atomic E-state index is 13.2. The highest BCUT2D eigenvalue weighted by Crippen LogP contribution is 2.29. The number of anilines is 1. The number of nitrogens with one attached hydrogen (secondary N) is 1. The molecule has 0 saturated carbocycles. The van der Waals surface area contributed by atoms with Gasteiger partial charge in [-0.3, -0.25) is 19.8 Å². The van der Waals surface area contributed by atoms with Gasteiger partial charge in [-0.1, -0.05) is 42.3 Å². The predicted molar refractivity (Wildman–Crippen MR) is 124 cm³/mol. The molecule has 1 saturated heterocycles. The minimum Gasteiger partial charge on any atom is -0.489 e. The van der Waals surface area contributed by atoms with E-state index < -0.39 is 11.8 Å². The van der Waals surface area contributed by atoms with E-state index in [1.165, 1.54) is 11.0 Å². The second-order valence-corrected chi connectivity index (χ2v) is 8.07. The Morgan fingerprint density at radius 2 is 1.93 bits per heavy atom. The highest BCUT2D eigenvalue weighted by Gasteiger charge is 2.35. The average Bonchev–Trinajstić information content (AvgIpc) is 2.68. The van der Waals surface area contributed by atoms with Crippen molar-refractivity contribution in [2.45, 2.75) is 40.2 Å². The van der Waals surface area contributed by atoms with Crippen LogP contribution in [0, 0.1) is 13.8 Å². The fourth-order valence-corrected chi connectivity index (χ4v) is 3.61. The molecular formula is C23H23ClN2O3S. The molecule has 0 radical (unpaired) electrons. The van der Waals surface area contributed by atoms with Crippen LogP contribution in [0.1, 0.15) is 37.0 Å². The smallest absolute Gasteiger partial charge is 0.270 e. The molecule has 1 unspecified atom stereocenters. The van der Waals surface area contributed by atoms with Gasteiger partial charge >= 0.3 is 0 Å². The summed E-state index contributed by atoms with van der Waals surface area (Å²) in [5.74, 6) is -0.459. The summed E-state index contributed by atoms with van der Waals surface area (Å²) in [4.78, 5) is 27.0. The summed E-state index contributed by atoms with van der Waals surface area (Å²) in [6, 6.07) is 10.8. The van der Waals surface area contributed by atoms with Crippen molar-refractivity contribution >= 4 is 52.5 Å². The van der Waals surface area contributed by atoms with Gasteiger partial charge < -0.3 is 4.74 Å². The summed E-state index contributed by atoms with van der Waals surface area (Å²) >= 11 is 11.6. The standard InChI is InChI=1S/C23H23ClN2O3S/c1-5-15(4)29-20-9-7-16(12-18(20)24)11-17-21(27)25-23(30)26(22(17)28)19-8-6-13(2)10-14(19)3/h6-12,15H,5H2,1-4H3,(H,25,27,30). The first-order chi connectivity index (χ1) is 14.2. The van der Waals surface area contributed by atoms with Crippen molar-refractivity contribution in [2.75, 3.05) is 4.90 Å². The monoisotopic (exact) mass is 442 g/mol. The van der Waals surface area contributed by atoms with Gasteiger partial charge in [-0.2, -0.15) is 0 Å². The van der Waals surface area contributed by atoms with Crippen LogP contribution >= 0.6 is 23.8 Å². The molecule has 2 amide bonds. The molecule has 1 aliphatic heterocycles. The first-order valence-corrected chi connectivity index (χ1v) is 10.4. The number of aryl methyl sites for hydroxylation is 2. The molecule has 5 nitrogen and oxygen atoms in total. The Morgan fingerprint density at radius 3 is 2.57 bits per heavy atom. The molecule has 0 spiro atoms. The molecule has 3 rings (SSSR count). The fraction of sp³-hybridized carbons (Fsp3) is 0.261. The summed E-state index contributed by atoms with van der Waals surface area (Å²) in [5.41, 5.74) is 3.19. The van der Waals surface area contributed by atoms with E-state index in [9.17, 15) is 9.59 Å². The second kappa shape index (κ2) is 8.98. The number of carbonyl (C=O) groups excluding carboxylic acids is 2. The van der Waals surface area contributed by atoms with Gasteiger partial charge in [0.2, 0.25) is 0 Å².